The number of carbonyl (C=O) groups excluding carboxylic acids is 2. The molecule has 13 heavy (non-hydrogen) atoms. The Morgan fingerprint density at radius 1 is 1.69 bits per heavy atom. The fraction of sp³-hybridized carbons (Fsp3) is 0.750. The average molecular weight is 204 g/mol. The lowest BCUT2D eigenvalue weighted by Gasteiger charge is -2.02. The first-order valence-electron chi connectivity index (χ1n) is 4.10. The molecular formula is C8H12O4S. The molecular weight excluding hydrogens is 192 g/mol. The second kappa shape index (κ2) is 4.50. The van der Waals surface area contributed by atoms with Gasteiger partial charge in [0.25, 0.3) is 0 Å². The third-order valence-corrected chi connectivity index (χ3v) is 3.16. The lowest BCUT2D eigenvalue weighted by molar-refractivity contribution is -0.147. The maximum Gasteiger partial charge on any atom is 0.320 e. The molecule has 0 bridgehead atoms. The molecule has 0 aliphatic carbocycles. The van der Waals surface area contributed by atoms with Gasteiger partial charge >= 0.3 is 11.9 Å². The van der Waals surface area contributed by atoms with Gasteiger partial charge in [0.15, 0.2) is 0 Å². The van der Waals surface area contributed by atoms with Crippen molar-refractivity contribution in [2.24, 2.45) is 0 Å². The zero-order valence-electron chi connectivity index (χ0n) is 7.61. The molecule has 1 saturated heterocycles. The summed E-state index contributed by atoms with van der Waals surface area (Å²) in [5, 5.41) is -0.377. The minimum absolute atomic E-state index is 0.0952. The van der Waals surface area contributed by atoms with Crippen molar-refractivity contribution in [3.8, 4) is 0 Å². The maximum atomic E-state index is 11.1. The molecule has 1 aliphatic heterocycles. The Balaban J connectivity index is 2.43. The summed E-state index contributed by atoms with van der Waals surface area (Å²) in [5.41, 5.74) is -0.0952. The monoisotopic (exact) mass is 204 g/mol. The molecule has 1 heterocycles. The molecule has 0 aromatic rings. The van der Waals surface area contributed by atoms with E-state index < -0.39 is 0 Å². The summed E-state index contributed by atoms with van der Waals surface area (Å²) in [7, 11) is 1.31. The molecule has 0 aromatic carbocycles. The van der Waals surface area contributed by atoms with E-state index in [4.69, 9.17) is 4.74 Å². The Morgan fingerprint density at radius 3 is 2.85 bits per heavy atom. The van der Waals surface area contributed by atoms with Crippen molar-refractivity contribution in [2.45, 2.75) is 30.5 Å². The molecule has 5 heteroatoms. The van der Waals surface area contributed by atoms with E-state index in [1.54, 1.807) is 0 Å². The highest BCUT2D eigenvalue weighted by atomic mass is 32.2. The van der Waals surface area contributed by atoms with Gasteiger partial charge in [-0.25, -0.2) is 0 Å². The normalized spacial score (nSPS) is 27.1. The first-order chi connectivity index (χ1) is 6.17. The number of rotatable bonds is 3. The highest BCUT2D eigenvalue weighted by Crippen LogP contribution is 2.32. The van der Waals surface area contributed by atoms with Crippen LogP contribution in [0.2, 0.25) is 0 Å². The Hall–Kier alpha value is -0.710. The predicted octanol–water partition coefficient (Wildman–Crippen LogP) is 0.944. The molecule has 0 N–H and O–H groups in total. The molecule has 74 valence electrons. The Bertz CT molecular complexity index is 216. The number of ether oxygens (including phenoxy) is 2. The standard InChI is InChI=1S/C8H12O4S/c1-3-7-12-8(10)5(13-7)4-6(9)11-2/h5,7H,3-4H2,1-2H3. The van der Waals surface area contributed by atoms with Gasteiger partial charge in [0.1, 0.15) is 10.7 Å². The van der Waals surface area contributed by atoms with E-state index >= 15 is 0 Å². The van der Waals surface area contributed by atoms with Crippen LogP contribution < -0.4 is 0 Å². The summed E-state index contributed by atoms with van der Waals surface area (Å²) in [6.07, 6.45) is 0.880. The van der Waals surface area contributed by atoms with Gasteiger partial charge in [0.2, 0.25) is 0 Å². The van der Waals surface area contributed by atoms with Gasteiger partial charge in [-0.15, -0.1) is 11.8 Å². The maximum absolute atomic E-state index is 11.1. The van der Waals surface area contributed by atoms with Gasteiger partial charge in [-0.1, -0.05) is 6.92 Å². The molecule has 1 fully saturated rings. The average Bonchev–Trinajstić information content (AvgIpc) is 2.47. The second-order valence-electron chi connectivity index (χ2n) is 2.68. The summed E-state index contributed by atoms with van der Waals surface area (Å²) in [4.78, 5) is 22.0. The van der Waals surface area contributed by atoms with E-state index in [0.29, 0.717) is 0 Å². The summed E-state index contributed by atoms with van der Waals surface area (Å²) in [5.74, 6) is -0.673. The zero-order chi connectivity index (χ0) is 9.84. The second-order valence-corrected chi connectivity index (χ2v) is 4.05. The molecule has 2 atom stereocenters. The molecule has 4 nitrogen and oxygen atoms in total. The van der Waals surface area contributed by atoms with Crippen LogP contribution in [0.4, 0.5) is 0 Å². The van der Waals surface area contributed by atoms with Crippen molar-refractivity contribution >= 4 is 23.7 Å². The smallest absolute Gasteiger partial charge is 0.320 e. The Kier molecular flexibility index (Phi) is 3.59. The van der Waals surface area contributed by atoms with Crippen molar-refractivity contribution in [1.29, 1.82) is 0 Å². The molecule has 2 unspecified atom stereocenters. The number of esters is 2. The summed E-state index contributed by atoms with van der Waals surface area (Å²) in [6, 6.07) is 0. The van der Waals surface area contributed by atoms with Crippen LogP contribution in [0.15, 0.2) is 0 Å². The van der Waals surface area contributed by atoms with Crippen LogP contribution in [0.3, 0.4) is 0 Å². The SMILES string of the molecule is CCC1OC(=O)C(CC(=O)OC)S1. The first-order valence-corrected chi connectivity index (χ1v) is 5.04. The summed E-state index contributed by atoms with van der Waals surface area (Å²) in [6.45, 7) is 1.94. The lowest BCUT2D eigenvalue weighted by atomic mass is 10.3. The lowest BCUT2D eigenvalue weighted by Crippen LogP contribution is -2.17. The van der Waals surface area contributed by atoms with Gasteiger partial charge in [-0.2, -0.15) is 0 Å². The number of hydrogen-bond donors (Lipinski definition) is 0. The number of hydrogen-bond acceptors (Lipinski definition) is 5. The van der Waals surface area contributed by atoms with Gasteiger partial charge in [0.05, 0.1) is 13.5 Å². The van der Waals surface area contributed by atoms with Crippen LogP contribution in [-0.4, -0.2) is 29.7 Å². The van der Waals surface area contributed by atoms with E-state index in [1.807, 2.05) is 6.92 Å². The minimum atomic E-state index is -0.377. The summed E-state index contributed by atoms with van der Waals surface area (Å²) < 4.78 is 9.45. The fourth-order valence-corrected chi connectivity index (χ4v) is 2.13. The van der Waals surface area contributed by atoms with Crippen molar-refractivity contribution in [2.75, 3.05) is 7.11 Å². The molecule has 0 aromatic heterocycles. The Morgan fingerprint density at radius 2 is 2.38 bits per heavy atom. The number of methoxy groups -OCH3 is 1. The van der Waals surface area contributed by atoms with Crippen LogP contribution in [0.5, 0.6) is 0 Å². The Labute approximate surface area is 81.0 Å². The fourth-order valence-electron chi connectivity index (χ4n) is 1.02. The third kappa shape index (κ3) is 2.62. The molecule has 1 rings (SSSR count). The van der Waals surface area contributed by atoms with Crippen LogP contribution in [0, 0.1) is 0 Å². The number of thioether (sulfide) groups is 1. The van der Waals surface area contributed by atoms with E-state index in [2.05, 4.69) is 4.74 Å². The summed E-state index contributed by atoms with van der Waals surface area (Å²) >= 11 is 1.39. The number of carbonyl (C=O) groups is 2. The highest BCUT2D eigenvalue weighted by Gasteiger charge is 2.35. The molecule has 0 radical (unpaired) electrons. The van der Waals surface area contributed by atoms with Crippen LogP contribution >= 0.6 is 11.8 Å². The van der Waals surface area contributed by atoms with Gasteiger partial charge in [0, 0.05) is 0 Å². The highest BCUT2D eigenvalue weighted by molar-refractivity contribution is 8.01. The van der Waals surface area contributed by atoms with Crippen LogP contribution in [0.25, 0.3) is 0 Å². The van der Waals surface area contributed by atoms with Crippen molar-refractivity contribution in [1.82, 2.24) is 0 Å². The van der Waals surface area contributed by atoms with Crippen molar-refractivity contribution in [3.05, 3.63) is 0 Å². The topological polar surface area (TPSA) is 52.6 Å². The largest absolute Gasteiger partial charge is 0.469 e. The first kappa shape index (κ1) is 10.4. The van der Waals surface area contributed by atoms with Gasteiger partial charge < -0.3 is 9.47 Å². The molecule has 1 aliphatic rings. The predicted molar refractivity (Wildman–Crippen MR) is 48.2 cm³/mol. The van der Waals surface area contributed by atoms with E-state index in [0.717, 1.165) is 6.42 Å². The van der Waals surface area contributed by atoms with Crippen molar-refractivity contribution in [3.63, 3.8) is 0 Å². The van der Waals surface area contributed by atoms with Gasteiger partial charge in [-0.3, -0.25) is 9.59 Å². The van der Waals surface area contributed by atoms with Crippen molar-refractivity contribution < 1.29 is 19.1 Å². The van der Waals surface area contributed by atoms with E-state index in [-0.39, 0.29) is 29.0 Å². The van der Waals surface area contributed by atoms with Crippen LogP contribution in [-0.2, 0) is 19.1 Å². The zero-order valence-corrected chi connectivity index (χ0v) is 8.43. The molecule has 0 amide bonds. The third-order valence-electron chi connectivity index (χ3n) is 1.74. The molecule has 0 spiro atoms. The van der Waals surface area contributed by atoms with E-state index in [9.17, 15) is 9.59 Å². The number of cyclic esters (lactones) is 1. The molecule has 0 saturated carbocycles. The van der Waals surface area contributed by atoms with Crippen LogP contribution in [0.1, 0.15) is 19.8 Å². The van der Waals surface area contributed by atoms with E-state index in [1.165, 1.54) is 18.9 Å². The van der Waals surface area contributed by atoms with Gasteiger partial charge in [-0.05, 0) is 6.42 Å². The quantitative estimate of drug-likeness (QED) is 0.640. The minimum Gasteiger partial charge on any atom is -0.469 e.